The van der Waals surface area contributed by atoms with Gasteiger partial charge < -0.3 is 14.7 Å². The third kappa shape index (κ3) is 3.45. The van der Waals surface area contributed by atoms with E-state index in [0.717, 1.165) is 30.9 Å². The van der Waals surface area contributed by atoms with Crippen LogP contribution in [0.2, 0.25) is 0 Å². The zero-order valence-corrected chi connectivity index (χ0v) is 10.4. The van der Waals surface area contributed by atoms with Crippen molar-refractivity contribution in [1.82, 2.24) is 4.90 Å². The Kier molecular flexibility index (Phi) is 4.40. The largest absolute Gasteiger partial charge is 0.497 e. The monoisotopic (exact) mass is 235 g/mol. The third-order valence-corrected chi connectivity index (χ3v) is 3.38. The summed E-state index contributed by atoms with van der Waals surface area (Å²) in [5.74, 6) is 0.832. The summed E-state index contributed by atoms with van der Waals surface area (Å²) >= 11 is 0. The first kappa shape index (κ1) is 12.4. The van der Waals surface area contributed by atoms with Crippen molar-refractivity contribution >= 4 is 0 Å². The minimum absolute atomic E-state index is 0.390. The molecule has 1 unspecified atom stereocenters. The SMILES string of the molecule is COc1ccc(C(O)CN2CCCCC2)cc1. The summed E-state index contributed by atoms with van der Waals surface area (Å²) in [6.07, 6.45) is 3.46. The Balaban J connectivity index is 1.91. The molecule has 0 saturated carbocycles. The number of hydrogen-bond acceptors (Lipinski definition) is 3. The Morgan fingerprint density at radius 3 is 2.41 bits per heavy atom. The van der Waals surface area contributed by atoms with Crippen molar-refractivity contribution in [1.29, 1.82) is 0 Å². The van der Waals surface area contributed by atoms with Gasteiger partial charge >= 0.3 is 0 Å². The van der Waals surface area contributed by atoms with Crippen LogP contribution >= 0.6 is 0 Å². The number of aliphatic hydroxyl groups excluding tert-OH is 1. The van der Waals surface area contributed by atoms with Crippen LogP contribution in [0.25, 0.3) is 0 Å². The van der Waals surface area contributed by atoms with Gasteiger partial charge in [0.1, 0.15) is 5.75 Å². The molecule has 94 valence electrons. The van der Waals surface area contributed by atoms with E-state index in [4.69, 9.17) is 4.74 Å². The lowest BCUT2D eigenvalue weighted by atomic mass is 10.1. The van der Waals surface area contributed by atoms with E-state index in [0.29, 0.717) is 0 Å². The lowest BCUT2D eigenvalue weighted by molar-refractivity contribution is 0.101. The van der Waals surface area contributed by atoms with Crippen molar-refractivity contribution in [3.8, 4) is 5.75 Å². The van der Waals surface area contributed by atoms with Crippen LogP contribution in [0.3, 0.4) is 0 Å². The number of methoxy groups -OCH3 is 1. The molecule has 1 aromatic carbocycles. The predicted molar refractivity (Wildman–Crippen MR) is 68.2 cm³/mol. The first-order chi connectivity index (χ1) is 8.29. The Morgan fingerprint density at radius 2 is 1.82 bits per heavy atom. The first-order valence-electron chi connectivity index (χ1n) is 6.34. The lowest BCUT2D eigenvalue weighted by Crippen LogP contribution is -2.33. The van der Waals surface area contributed by atoms with E-state index in [9.17, 15) is 5.11 Å². The van der Waals surface area contributed by atoms with E-state index in [2.05, 4.69) is 4.90 Å². The minimum atomic E-state index is -0.390. The van der Waals surface area contributed by atoms with Crippen LogP contribution in [0.5, 0.6) is 5.75 Å². The number of aliphatic hydroxyl groups is 1. The number of piperidine rings is 1. The Hall–Kier alpha value is -1.06. The molecule has 1 heterocycles. The summed E-state index contributed by atoms with van der Waals surface area (Å²) in [4.78, 5) is 2.35. The Bertz CT molecular complexity index is 331. The molecule has 2 rings (SSSR count). The fraction of sp³-hybridized carbons (Fsp3) is 0.571. The zero-order valence-electron chi connectivity index (χ0n) is 10.4. The highest BCUT2D eigenvalue weighted by atomic mass is 16.5. The Labute approximate surface area is 103 Å². The van der Waals surface area contributed by atoms with Gasteiger partial charge in [-0.2, -0.15) is 0 Å². The molecule has 1 aromatic rings. The maximum Gasteiger partial charge on any atom is 0.118 e. The average Bonchev–Trinajstić information content (AvgIpc) is 2.40. The fourth-order valence-electron chi connectivity index (χ4n) is 2.32. The van der Waals surface area contributed by atoms with Crippen LogP contribution in [0, 0.1) is 0 Å². The van der Waals surface area contributed by atoms with E-state index in [-0.39, 0.29) is 6.10 Å². The lowest BCUT2D eigenvalue weighted by Gasteiger charge is -2.28. The summed E-state index contributed by atoms with van der Waals surface area (Å²) in [7, 11) is 1.65. The fourth-order valence-corrected chi connectivity index (χ4v) is 2.32. The van der Waals surface area contributed by atoms with Gasteiger partial charge in [0.15, 0.2) is 0 Å². The normalized spacial score (nSPS) is 18.9. The summed E-state index contributed by atoms with van der Waals surface area (Å²) < 4.78 is 5.11. The van der Waals surface area contributed by atoms with Crippen molar-refractivity contribution in [2.75, 3.05) is 26.7 Å². The second-order valence-electron chi connectivity index (χ2n) is 4.65. The molecule has 1 aliphatic rings. The molecule has 0 bridgehead atoms. The summed E-state index contributed by atoms with van der Waals surface area (Å²) in [6.45, 7) is 2.98. The molecular formula is C14H21NO2. The van der Waals surface area contributed by atoms with Gasteiger partial charge in [-0.1, -0.05) is 18.6 Å². The molecule has 3 nitrogen and oxygen atoms in total. The molecule has 1 aliphatic heterocycles. The van der Waals surface area contributed by atoms with Crippen LogP contribution in [0.1, 0.15) is 30.9 Å². The molecule has 1 saturated heterocycles. The van der Waals surface area contributed by atoms with Gasteiger partial charge in [0.2, 0.25) is 0 Å². The van der Waals surface area contributed by atoms with E-state index in [1.807, 2.05) is 24.3 Å². The topological polar surface area (TPSA) is 32.7 Å². The molecule has 0 aliphatic carbocycles. The number of benzene rings is 1. The number of nitrogens with zero attached hydrogens (tertiary/aromatic N) is 1. The second-order valence-corrected chi connectivity index (χ2v) is 4.65. The third-order valence-electron chi connectivity index (χ3n) is 3.38. The molecule has 0 aromatic heterocycles. The molecule has 1 fully saturated rings. The number of hydrogen-bond donors (Lipinski definition) is 1. The smallest absolute Gasteiger partial charge is 0.118 e. The molecule has 0 spiro atoms. The van der Waals surface area contributed by atoms with Crippen molar-refractivity contribution < 1.29 is 9.84 Å². The molecular weight excluding hydrogens is 214 g/mol. The number of β-amino-alcohol motifs (C(OH)–C–C–N with tert-alkyl or cyclic N) is 1. The highest BCUT2D eigenvalue weighted by Gasteiger charge is 2.15. The zero-order chi connectivity index (χ0) is 12.1. The van der Waals surface area contributed by atoms with Crippen molar-refractivity contribution in [3.05, 3.63) is 29.8 Å². The van der Waals surface area contributed by atoms with Gasteiger partial charge in [-0.15, -0.1) is 0 Å². The van der Waals surface area contributed by atoms with E-state index >= 15 is 0 Å². The highest BCUT2D eigenvalue weighted by molar-refractivity contribution is 5.28. The average molecular weight is 235 g/mol. The summed E-state index contributed by atoms with van der Waals surface area (Å²) in [6, 6.07) is 7.67. The van der Waals surface area contributed by atoms with Crippen LogP contribution in [0.15, 0.2) is 24.3 Å². The molecule has 1 atom stereocenters. The van der Waals surface area contributed by atoms with Gasteiger partial charge in [-0.3, -0.25) is 0 Å². The molecule has 0 amide bonds. The number of likely N-dealkylation sites (tertiary alicyclic amines) is 1. The molecule has 17 heavy (non-hydrogen) atoms. The van der Waals surface area contributed by atoms with Crippen molar-refractivity contribution in [3.63, 3.8) is 0 Å². The van der Waals surface area contributed by atoms with E-state index in [1.54, 1.807) is 7.11 Å². The van der Waals surface area contributed by atoms with Crippen LogP contribution in [0.4, 0.5) is 0 Å². The molecule has 1 N–H and O–H groups in total. The molecule has 0 radical (unpaired) electrons. The Morgan fingerprint density at radius 1 is 1.18 bits per heavy atom. The summed E-state index contributed by atoms with van der Waals surface area (Å²) in [5, 5.41) is 10.2. The maximum absolute atomic E-state index is 10.2. The first-order valence-corrected chi connectivity index (χ1v) is 6.34. The van der Waals surface area contributed by atoms with Crippen molar-refractivity contribution in [2.45, 2.75) is 25.4 Å². The maximum atomic E-state index is 10.2. The minimum Gasteiger partial charge on any atom is -0.497 e. The van der Waals surface area contributed by atoms with Crippen LogP contribution < -0.4 is 4.74 Å². The van der Waals surface area contributed by atoms with Gasteiger partial charge in [0, 0.05) is 6.54 Å². The van der Waals surface area contributed by atoms with Gasteiger partial charge in [0.05, 0.1) is 13.2 Å². The predicted octanol–water partition coefficient (Wildman–Crippen LogP) is 2.21. The van der Waals surface area contributed by atoms with E-state index in [1.165, 1.54) is 19.3 Å². The second kappa shape index (κ2) is 6.03. The van der Waals surface area contributed by atoms with Gasteiger partial charge in [0.25, 0.3) is 0 Å². The van der Waals surface area contributed by atoms with Gasteiger partial charge in [-0.05, 0) is 43.6 Å². The number of rotatable bonds is 4. The quantitative estimate of drug-likeness (QED) is 0.868. The van der Waals surface area contributed by atoms with Gasteiger partial charge in [-0.25, -0.2) is 0 Å². The van der Waals surface area contributed by atoms with E-state index < -0.39 is 0 Å². The van der Waals surface area contributed by atoms with Crippen molar-refractivity contribution in [2.24, 2.45) is 0 Å². The standard InChI is InChI=1S/C14H21NO2/c1-17-13-7-5-12(6-8-13)14(16)11-15-9-3-2-4-10-15/h5-8,14,16H,2-4,9-11H2,1H3. The number of ether oxygens (including phenoxy) is 1. The molecule has 3 heteroatoms. The summed E-state index contributed by atoms with van der Waals surface area (Å²) in [5.41, 5.74) is 0.969. The van der Waals surface area contributed by atoms with Crippen LogP contribution in [-0.4, -0.2) is 36.8 Å². The van der Waals surface area contributed by atoms with Crippen LogP contribution in [-0.2, 0) is 0 Å². The highest BCUT2D eigenvalue weighted by Crippen LogP contribution is 2.20.